The maximum Gasteiger partial charge on any atom is 0.337 e. The van der Waals surface area contributed by atoms with Gasteiger partial charge in [0.2, 0.25) is 5.91 Å². The molecule has 0 aliphatic heterocycles. The lowest BCUT2D eigenvalue weighted by atomic mass is 10.1. The summed E-state index contributed by atoms with van der Waals surface area (Å²) < 4.78 is 37.7. The summed E-state index contributed by atoms with van der Waals surface area (Å²) >= 11 is 6.23. The molecule has 1 amide bonds. The van der Waals surface area contributed by atoms with Gasteiger partial charge in [0.25, 0.3) is 10.0 Å². The minimum atomic E-state index is -4.11. The molecule has 8 nitrogen and oxygen atoms in total. The summed E-state index contributed by atoms with van der Waals surface area (Å²) in [7, 11) is -1.42. The van der Waals surface area contributed by atoms with Crippen LogP contribution in [-0.2, 0) is 19.6 Å². The number of hydrogen-bond acceptors (Lipinski definition) is 6. The Kier molecular flexibility index (Phi) is 7.80. The minimum Gasteiger partial charge on any atom is -0.495 e. The number of carbonyl (C=O) groups is 2. The molecule has 0 fully saturated rings. The number of nitrogens with one attached hydrogen (secondary N) is 1. The molecule has 0 aliphatic carbocycles. The van der Waals surface area contributed by atoms with Crippen molar-refractivity contribution in [3.8, 4) is 5.75 Å². The maximum absolute atomic E-state index is 13.4. The van der Waals surface area contributed by atoms with Crippen molar-refractivity contribution >= 4 is 44.9 Å². The van der Waals surface area contributed by atoms with Gasteiger partial charge >= 0.3 is 5.97 Å². The van der Waals surface area contributed by atoms with Gasteiger partial charge in [-0.1, -0.05) is 35.9 Å². The number of benzene rings is 3. The van der Waals surface area contributed by atoms with E-state index in [1.54, 1.807) is 37.3 Å². The third-order valence-electron chi connectivity index (χ3n) is 4.97. The van der Waals surface area contributed by atoms with Crippen LogP contribution in [0.5, 0.6) is 5.75 Å². The molecule has 0 unspecified atom stereocenters. The molecule has 0 bridgehead atoms. The topological polar surface area (TPSA) is 102 Å². The lowest BCUT2D eigenvalue weighted by molar-refractivity contribution is -0.114. The van der Waals surface area contributed by atoms with Crippen molar-refractivity contribution < 1.29 is 27.5 Å². The predicted molar refractivity (Wildman–Crippen MR) is 130 cm³/mol. The van der Waals surface area contributed by atoms with Crippen LogP contribution in [0.3, 0.4) is 0 Å². The van der Waals surface area contributed by atoms with Crippen molar-refractivity contribution in [3.63, 3.8) is 0 Å². The highest BCUT2D eigenvalue weighted by Gasteiger charge is 2.28. The number of aryl methyl sites for hydroxylation is 1. The van der Waals surface area contributed by atoms with E-state index in [-0.39, 0.29) is 21.2 Å². The number of methoxy groups -OCH3 is 2. The summed E-state index contributed by atoms with van der Waals surface area (Å²) in [6.45, 7) is 1.21. The highest BCUT2D eigenvalue weighted by atomic mass is 35.5. The van der Waals surface area contributed by atoms with Crippen LogP contribution in [-0.4, -0.2) is 41.1 Å². The number of hydrogen-bond donors (Lipinski definition) is 1. The molecular weight excluding hydrogens is 480 g/mol. The van der Waals surface area contributed by atoms with Gasteiger partial charge in [-0.2, -0.15) is 0 Å². The molecule has 0 atom stereocenters. The Bertz CT molecular complexity index is 1310. The van der Waals surface area contributed by atoms with Crippen molar-refractivity contribution in [2.45, 2.75) is 11.8 Å². The summed E-state index contributed by atoms with van der Waals surface area (Å²) in [5.74, 6) is -0.810. The van der Waals surface area contributed by atoms with E-state index in [9.17, 15) is 18.0 Å². The van der Waals surface area contributed by atoms with Crippen LogP contribution in [0.15, 0.2) is 71.6 Å². The zero-order chi connectivity index (χ0) is 24.9. The number of nitrogens with zero attached hydrogens (tertiary/aromatic N) is 1. The highest BCUT2D eigenvalue weighted by Crippen LogP contribution is 2.32. The summed E-state index contributed by atoms with van der Waals surface area (Å²) in [6.07, 6.45) is 0. The normalized spacial score (nSPS) is 10.9. The average molecular weight is 503 g/mol. The van der Waals surface area contributed by atoms with E-state index in [0.29, 0.717) is 17.0 Å². The number of carbonyl (C=O) groups excluding carboxylic acids is 2. The lowest BCUT2D eigenvalue weighted by Crippen LogP contribution is -2.38. The number of sulfonamides is 1. The second-order valence-electron chi connectivity index (χ2n) is 7.21. The van der Waals surface area contributed by atoms with E-state index in [4.69, 9.17) is 21.1 Å². The van der Waals surface area contributed by atoms with Crippen LogP contribution >= 0.6 is 11.6 Å². The Morgan fingerprint density at radius 1 is 1.00 bits per heavy atom. The first kappa shape index (κ1) is 25.1. The van der Waals surface area contributed by atoms with Crippen molar-refractivity contribution in [2.75, 3.05) is 30.4 Å². The van der Waals surface area contributed by atoms with Crippen molar-refractivity contribution in [3.05, 3.63) is 82.9 Å². The van der Waals surface area contributed by atoms with E-state index >= 15 is 0 Å². The average Bonchev–Trinajstić information content (AvgIpc) is 2.83. The number of esters is 1. The first-order chi connectivity index (χ1) is 16.2. The Morgan fingerprint density at radius 2 is 1.71 bits per heavy atom. The molecule has 0 aliphatic rings. The monoisotopic (exact) mass is 502 g/mol. The first-order valence-corrected chi connectivity index (χ1v) is 11.9. The fraction of sp³-hybridized carbons (Fsp3) is 0.167. The molecule has 1 N–H and O–H groups in total. The maximum atomic E-state index is 13.4. The molecule has 3 aromatic rings. The van der Waals surface area contributed by atoms with Crippen molar-refractivity contribution in [1.82, 2.24) is 0 Å². The molecule has 10 heteroatoms. The van der Waals surface area contributed by atoms with Crippen LogP contribution in [0.25, 0.3) is 0 Å². The van der Waals surface area contributed by atoms with E-state index in [1.165, 1.54) is 50.6 Å². The zero-order valence-corrected chi connectivity index (χ0v) is 20.3. The Balaban J connectivity index is 1.97. The summed E-state index contributed by atoms with van der Waals surface area (Å²) in [5, 5.41) is 2.87. The second-order valence-corrected chi connectivity index (χ2v) is 9.48. The Morgan fingerprint density at radius 3 is 2.32 bits per heavy atom. The second kappa shape index (κ2) is 10.6. The molecule has 3 rings (SSSR count). The molecule has 3 aromatic carbocycles. The van der Waals surface area contributed by atoms with Crippen LogP contribution in [0.2, 0.25) is 5.02 Å². The molecule has 0 saturated carbocycles. The van der Waals surface area contributed by atoms with Gasteiger partial charge in [0.15, 0.2) is 0 Å². The van der Waals surface area contributed by atoms with Crippen LogP contribution in [0, 0.1) is 6.92 Å². The number of anilines is 2. The third kappa shape index (κ3) is 5.49. The van der Waals surface area contributed by atoms with E-state index in [1.807, 2.05) is 0 Å². The molecule has 34 heavy (non-hydrogen) atoms. The van der Waals surface area contributed by atoms with Gasteiger partial charge in [-0.15, -0.1) is 0 Å². The summed E-state index contributed by atoms with van der Waals surface area (Å²) in [4.78, 5) is 24.9. The van der Waals surface area contributed by atoms with Gasteiger partial charge < -0.3 is 14.8 Å². The number of ether oxygens (including phenoxy) is 2. The van der Waals surface area contributed by atoms with Gasteiger partial charge in [-0.3, -0.25) is 9.10 Å². The quantitative estimate of drug-likeness (QED) is 0.461. The van der Waals surface area contributed by atoms with Gasteiger partial charge in [-0.25, -0.2) is 13.2 Å². The summed E-state index contributed by atoms with van der Waals surface area (Å²) in [6, 6.07) is 16.9. The van der Waals surface area contributed by atoms with E-state index in [2.05, 4.69) is 5.32 Å². The first-order valence-electron chi connectivity index (χ1n) is 10.1. The third-order valence-corrected chi connectivity index (χ3v) is 7.06. The number of halogens is 1. The highest BCUT2D eigenvalue weighted by molar-refractivity contribution is 7.92. The smallest absolute Gasteiger partial charge is 0.337 e. The lowest BCUT2D eigenvalue weighted by Gasteiger charge is -2.25. The SMILES string of the molecule is COC(=O)c1ccc(C)c(NC(=O)CN(c2ccc(OC)c(Cl)c2)S(=O)(=O)c2ccccc2)c1. The predicted octanol–water partition coefficient (Wildman–Crippen LogP) is 4.28. The molecule has 0 heterocycles. The van der Waals surface area contributed by atoms with Crippen molar-refractivity contribution in [1.29, 1.82) is 0 Å². The van der Waals surface area contributed by atoms with Gasteiger partial charge in [0, 0.05) is 5.69 Å². The van der Waals surface area contributed by atoms with E-state index < -0.39 is 28.4 Å². The fourth-order valence-corrected chi connectivity index (χ4v) is 4.85. The standard InChI is InChI=1S/C24H23ClN2O6S/c1-16-9-10-17(24(29)33-3)13-21(16)26-23(28)15-27(18-11-12-22(32-2)20(25)14-18)34(30,31)19-7-5-4-6-8-19/h4-14H,15H2,1-3H3,(H,26,28). The van der Waals surface area contributed by atoms with E-state index in [0.717, 1.165) is 4.31 Å². The number of amides is 1. The molecule has 178 valence electrons. The van der Waals surface area contributed by atoms with Crippen LogP contribution in [0.4, 0.5) is 11.4 Å². The Hall–Kier alpha value is -3.56. The number of rotatable bonds is 8. The van der Waals surface area contributed by atoms with Gasteiger partial charge in [0.05, 0.1) is 35.4 Å². The molecule has 0 spiro atoms. The van der Waals surface area contributed by atoms with Crippen LogP contribution in [0.1, 0.15) is 15.9 Å². The van der Waals surface area contributed by atoms with Gasteiger partial charge in [-0.05, 0) is 55.0 Å². The molecule has 0 saturated heterocycles. The largest absolute Gasteiger partial charge is 0.495 e. The molecule has 0 aromatic heterocycles. The minimum absolute atomic E-state index is 0.0126. The van der Waals surface area contributed by atoms with Crippen LogP contribution < -0.4 is 14.4 Å². The van der Waals surface area contributed by atoms with Gasteiger partial charge in [0.1, 0.15) is 12.3 Å². The zero-order valence-electron chi connectivity index (χ0n) is 18.7. The van der Waals surface area contributed by atoms with Crippen molar-refractivity contribution in [2.24, 2.45) is 0 Å². The Labute approximate surface area is 203 Å². The molecular formula is C24H23ClN2O6S. The molecule has 0 radical (unpaired) electrons. The summed E-state index contributed by atoms with van der Waals surface area (Å²) in [5.41, 5.74) is 1.48. The fourth-order valence-electron chi connectivity index (χ4n) is 3.17.